The molecule has 1 aliphatic rings. The highest BCUT2D eigenvalue weighted by atomic mass is 32.2. The van der Waals surface area contributed by atoms with Crippen molar-refractivity contribution in [2.75, 3.05) is 33.1 Å². The summed E-state index contributed by atoms with van der Waals surface area (Å²) < 4.78 is 31.6. The summed E-state index contributed by atoms with van der Waals surface area (Å²) in [5.74, 6) is 1.11. The molecule has 1 fully saturated rings. The fourth-order valence-electron chi connectivity index (χ4n) is 4.18. The Hall–Kier alpha value is -3.83. The molecule has 1 amide bonds. The maximum absolute atomic E-state index is 13.0. The molecule has 8 heteroatoms. The summed E-state index contributed by atoms with van der Waals surface area (Å²) in [7, 11) is -1.45. The summed E-state index contributed by atoms with van der Waals surface area (Å²) in [6, 6.07) is 23.8. The van der Waals surface area contributed by atoms with Gasteiger partial charge in [-0.05, 0) is 66.1 Å². The topological polar surface area (TPSA) is 103 Å². The molecule has 0 radical (unpaired) electrons. The van der Waals surface area contributed by atoms with Crippen molar-refractivity contribution < 1.29 is 18.5 Å². The first-order valence-electron chi connectivity index (χ1n) is 11.1. The molecule has 0 spiro atoms. The van der Waals surface area contributed by atoms with Crippen LogP contribution in [0.2, 0.25) is 0 Å². The molecule has 0 aliphatic carbocycles. The summed E-state index contributed by atoms with van der Waals surface area (Å²) in [6.45, 7) is 0.685. The lowest BCUT2D eigenvalue weighted by Gasteiger charge is -2.29. The first kappa shape index (κ1) is 24.3. The van der Waals surface area contributed by atoms with Crippen LogP contribution in [0.5, 0.6) is 11.5 Å². The summed E-state index contributed by atoms with van der Waals surface area (Å²) in [6.07, 6.45) is 1.85. The highest BCUT2D eigenvalue weighted by molar-refractivity contribution is 7.93. The standard InChI is InChI=1S/C27H27N3O4S/c1-33-24-11-9-23(10-12-24)26(31)30-16-15-27(18-30,35(2,29)32)19-34-25-13-7-22(8-14-25)21-5-3-20(17-28)4-6-21/h3-14,29H,15-16,18-19H2,1-2H3. The van der Waals surface area contributed by atoms with Crippen molar-refractivity contribution in [2.24, 2.45) is 0 Å². The van der Waals surface area contributed by atoms with E-state index in [1.165, 1.54) is 6.26 Å². The van der Waals surface area contributed by atoms with E-state index in [0.717, 1.165) is 11.1 Å². The van der Waals surface area contributed by atoms with E-state index >= 15 is 0 Å². The number of benzene rings is 3. The van der Waals surface area contributed by atoms with Crippen LogP contribution in [0.4, 0.5) is 0 Å². The fourth-order valence-corrected chi connectivity index (χ4v) is 5.34. The van der Waals surface area contributed by atoms with Gasteiger partial charge in [0.05, 0.1) is 28.5 Å². The Balaban J connectivity index is 1.46. The Morgan fingerprint density at radius 3 is 2.14 bits per heavy atom. The van der Waals surface area contributed by atoms with E-state index in [1.807, 2.05) is 36.4 Å². The van der Waals surface area contributed by atoms with Gasteiger partial charge in [-0.2, -0.15) is 5.26 Å². The third kappa shape index (κ3) is 5.15. The number of amides is 1. The minimum absolute atomic E-state index is 0.0778. The molecule has 2 unspecified atom stereocenters. The Labute approximate surface area is 205 Å². The fraction of sp³-hybridized carbons (Fsp3) is 0.259. The molecule has 180 valence electrons. The number of nitrogens with one attached hydrogen (secondary N) is 1. The second kappa shape index (κ2) is 9.80. The van der Waals surface area contributed by atoms with Crippen LogP contribution in [0, 0.1) is 16.1 Å². The van der Waals surface area contributed by atoms with E-state index < -0.39 is 14.5 Å². The summed E-state index contributed by atoms with van der Waals surface area (Å²) >= 11 is 0. The largest absolute Gasteiger partial charge is 0.497 e. The van der Waals surface area contributed by atoms with Gasteiger partial charge in [0, 0.05) is 24.9 Å². The van der Waals surface area contributed by atoms with Gasteiger partial charge in [0.1, 0.15) is 22.9 Å². The summed E-state index contributed by atoms with van der Waals surface area (Å²) in [5.41, 5.74) is 3.09. The zero-order chi connectivity index (χ0) is 25.1. The highest BCUT2D eigenvalue weighted by Crippen LogP contribution is 2.32. The molecule has 4 rings (SSSR count). The van der Waals surface area contributed by atoms with Crippen molar-refractivity contribution in [3.8, 4) is 28.7 Å². The van der Waals surface area contributed by atoms with Gasteiger partial charge in [0.2, 0.25) is 0 Å². The van der Waals surface area contributed by atoms with Gasteiger partial charge < -0.3 is 14.4 Å². The van der Waals surface area contributed by atoms with Crippen LogP contribution in [0.15, 0.2) is 72.8 Å². The normalized spacial score (nSPS) is 18.9. The van der Waals surface area contributed by atoms with Gasteiger partial charge in [-0.25, -0.2) is 4.21 Å². The number of nitrogens with zero attached hydrogens (tertiary/aromatic N) is 2. The van der Waals surface area contributed by atoms with Crippen molar-refractivity contribution in [1.82, 2.24) is 4.90 Å². The summed E-state index contributed by atoms with van der Waals surface area (Å²) in [4.78, 5) is 14.7. The monoisotopic (exact) mass is 489 g/mol. The molecule has 1 heterocycles. The predicted molar refractivity (Wildman–Crippen MR) is 135 cm³/mol. The molecule has 1 aliphatic heterocycles. The third-order valence-corrected chi connectivity index (χ3v) is 8.57. The van der Waals surface area contributed by atoms with Crippen LogP contribution in [-0.4, -0.2) is 52.8 Å². The van der Waals surface area contributed by atoms with Crippen LogP contribution in [0.25, 0.3) is 11.1 Å². The molecular weight excluding hydrogens is 462 g/mol. The zero-order valence-electron chi connectivity index (χ0n) is 19.7. The second-order valence-electron chi connectivity index (χ2n) is 8.73. The maximum Gasteiger partial charge on any atom is 0.253 e. The van der Waals surface area contributed by atoms with Crippen LogP contribution in [-0.2, 0) is 9.73 Å². The SMILES string of the molecule is COc1ccc(C(=O)N2CCC(COc3ccc(-c4ccc(C#N)cc4)cc3)(S(C)(=N)=O)C2)cc1. The van der Waals surface area contributed by atoms with Crippen molar-refractivity contribution in [3.05, 3.63) is 83.9 Å². The van der Waals surface area contributed by atoms with E-state index in [-0.39, 0.29) is 19.1 Å². The Kier molecular flexibility index (Phi) is 6.81. The average Bonchev–Trinajstić information content (AvgIpc) is 3.34. The van der Waals surface area contributed by atoms with E-state index in [9.17, 15) is 9.00 Å². The van der Waals surface area contributed by atoms with E-state index in [4.69, 9.17) is 19.5 Å². The summed E-state index contributed by atoms with van der Waals surface area (Å²) in [5, 5.41) is 8.96. The molecule has 35 heavy (non-hydrogen) atoms. The first-order chi connectivity index (χ1) is 16.7. The number of likely N-dealkylation sites (tertiary alicyclic amines) is 1. The number of nitriles is 1. The van der Waals surface area contributed by atoms with E-state index in [1.54, 1.807) is 48.4 Å². The molecule has 2 atom stereocenters. The zero-order valence-corrected chi connectivity index (χ0v) is 20.5. The lowest BCUT2D eigenvalue weighted by molar-refractivity contribution is 0.0786. The molecule has 7 nitrogen and oxygen atoms in total. The first-order valence-corrected chi connectivity index (χ1v) is 13.1. The number of ether oxygens (including phenoxy) is 2. The minimum atomic E-state index is -3.02. The molecule has 3 aromatic rings. The van der Waals surface area contributed by atoms with Crippen LogP contribution in [0.1, 0.15) is 22.3 Å². The lowest BCUT2D eigenvalue weighted by atomic mass is 10.0. The molecule has 0 bridgehead atoms. The van der Waals surface area contributed by atoms with Gasteiger partial charge in [0.15, 0.2) is 0 Å². The number of hydrogen-bond acceptors (Lipinski definition) is 6. The Bertz CT molecular complexity index is 1350. The number of carbonyl (C=O) groups excluding carboxylic acids is 1. The Morgan fingerprint density at radius 1 is 1.03 bits per heavy atom. The van der Waals surface area contributed by atoms with E-state index in [0.29, 0.717) is 35.6 Å². The number of rotatable bonds is 7. The maximum atomic E-state index is 13.0. The third-order valence-electron chi connectivity index (χ3n) is 6.47. The number of carbonyl (C=O) groups is 1. The molecule has 0 aromatic heterocycles. The molecular formula is C27H27N3O4S. The minimum Gasteiger partial charge on any atom is -0.497 e. The van der Waals surface area contributed by atoms with Gasteiger partial charge in [-0.3, -0.25) is 9.57 Å². The van der Waals surface area contributed by atoms with Crippen molar-refractivity contribution in [3.63, 3.8) is 0 Å². The van der Waals surface area contributed by atoms with Gasteiger partial charge >= 0.3 is 0 Å². The van der Waals surface area contributed by atoms with Crippen LogP contribution in [0.3, 0.4) is 0 Å². The van der Waals surface area contributed by atoms with Gasteiger partial charge in [-0.1, -0.05) is 24.3 Å². The molecule has 3 aromatic carbocycles. The highest BCUT2D eigenvalue weighted by Gasteiger charge is 2.47. The smallest absolute Gasteiger partial charge is 0.253 e. The predicted octanol–water partition coefficient (Wildman–Crippen LogP) is 4.57. The second-order valence-corrected chi connectivity index (χ2v) is 11.3. The number of hydrogen-bond donors (Lipinski definition) is 1. The number of methoxy groups -OCH3 is 1. The van der Waals surface area contributed by atoms with E-state index in [2.05, 4.69) is 6.07 Å². The van der Waals surface area contributed by atoms with Gasteiger partial charge in [0.25, 0.3) is 5.91 Å². The lowest BCUT2D eigenvalue weighted by Crippen LogP contribution is -2.46. The van der Waals surface area contributed by atoms with Crippen LogP contribution < -0.4 is 9.47 Å². The van der Waals surface area contributed by atoms with Crippen LogP contribution >= 0.6 is 0 Å². The average molecular weight is 490 g/mol. The van der Waals surface area contributed by atoms with Crippen molar-refractivity contribution in [2.45, 2.75) is 11.2 Å². The molecule has 1 saturated heterocycles. The van der Waals surface area contributed by atoms with Gasteiger partial charge in [-0.15, -0.1) is 0 Å². The van der Waals surface area contributed by atoms with Crippen molar-refractivity contribution >= 4 is 15.6 Å². The molecule has 1 N–H and O–H groups in total. The molecule has 0 saturated carbocycles. The Morgan fingerprint density at radius 2 is 1.60 bits per heavy atom. The quantitative estimate of drug-likeness (QED) is 0.523. The van der Waals surface area contributed by atoms with Crippen molar-refractivity contribution in [1.29, 1.82) is 10.0 Å².